The standard InChI is InChI=1S/C21H17F2N3O2/c1-11-3-5-13(6-4-11)20(28)15-10-18(27)24-21-19(15)12(2)25-26(21)17-8-7-14(22)9-16(17)23/h3-9,15H,10H2,1-2H3,(H,24,27)/t15-/m0/s1. The van der Waals surface area contributed by atoms with E-state index in [2.05, 4.69) is 10.4 Å². The number of benzene rings is 2. The molecular weight excluding hydrogens is 364 g/mol. The molecule has 0 aliphatic carbocycles. The number of hydrogen-bond donors (Lipinski definition) is 1. The zero-order valence-electron chi connectivity index (χ0n) is 15.3. The number of amides is 1. The van der Waals surface area contributed by atoms with E-state index in [1.807, 2.05) is 19.1 Å². The van der Waals surface area contributed by atoms with E-state index in [0.29, 0.717) is 16.8 Å². The molecule has 0 radical (unpaired) electrons. The van der Waals surface area contributed by atoms with E-state index < -0.39 is 17.6 Å². The predicted octanol–water partition coefficient (Wildman–Crippen LogP) is 4.08. The summed E-state index contributed by atoms with van der Waals surface area (Å²) in [6.07, 6.45) is -0.0157. The van der Waals surface area contributed by atoms with Gasteiger partial charge in [0.15, 0.2) is 11.6 Å². The maximum atomic E-state index is 14.3. The van der Waals surface area contributed by atoms with Gasteiger partial charge in [0.1, 0.15) is 17.3 Å². The molecule has 1 aromatic heterocycles. The zero-order chi connectivity index (χ0) is 20.0. The van der Waals surface area contributed by atoms with Crippen molar-refractivity contribution in [2.75, 3.05) is 5.32 Å². The van der Waals surface area contributed by atoms with Crippen molar-refractivity contribution in [2.24, 2.45) is 0 Å². The highest BCUT2D eigenvalue weighted by atomic mass is 19.1. The first-order valence-electron chi connectivity index (χ1n) is 8.81. The smallest absolute Gasteiger partial charge is 0.226 e. The van der Waals surface area contributed by atoms with Crippen molar-refractivity contribution >= 4 is 17.5 Å². The summed E-state index contributed by atoms with van der Waals surface area (Å²) in [4.78, 5) is 25.4. The second kappa shape index (κ2) is 6.67. The Morgan fingerprint density at radius 1 is 1.14 bits per heavy atom. The minimum atomic E-state index is -0.813. The summed E-state index contributed by atoms with van der Waals surface area (Å²) in [5, 5.41) is 7.00. The number of aryl methyl sites for hydroxylation is 2. The SMILES string of the molecule is Cc1ccc(C(=O)[C@H]2CC(=O)Nc3c2c(C)nn3-c2ccc(F)cc2F)cc1. The van der Waals surface area contributed by atoms with Crippen LogP contribution in [-0.2, 0) is 4.79 Å². The fraction of sp³-hybridized carbons (Fsp3) is 0.190. The molecule has 1 N–H and O–H groups in total. The zero-order valence-corrected chi connectivity index (χ0v) is 15.3. The number of anilines is 1. The molecule has 2 aromatic carbocycles. The Labute approximate surface area is 160 Å². The van der Waals surface area contributed by atoms with Crippen LogP contribution in [0.2, 0.25) is 0 Å². The normalized spacial score (nSPS) is 15.9. The van der Waals surface area contributed by atoms with Crippen molar-refractivity contribution in [3.63, 3.8) is 0 Å². The second-order valence-corrected chi connectivity index (χ2v) is 6.89. The Morgan fingerprint density at radius 2 is 1.86 bits per heavy atom. The van der Waals surface area contributed by atoms with E-state index in [-0.39, 0.29) is 29.6 Å². The number of nitrogens with one attached hydrogen (secondary N) is 1. The van der Waals surface area contributed by atoms with Crippen LogP contribution in [0.25, 0.3) is 5.69 Å². The summed E-state index contributed by atoms with van der Waals surface area (Å²) in [6.45, 7) is 3.62. The second-order valence-electron chi connectivity index (χ2n) is 6.89. The first kappa shape index (κ1) is 18.0. The summed E-state index contributed by atoms with van der Waals surface area (Å²) in [6, 6.07) is 10.2. The largest absolute Gasteiger partial charge is 0.310 e. The van der Waals surface area contributed by atoms with Gasteiger partial charge in [0.2, 0.25) is 5.91 Å². The molecule has 0 bridgehead atoms. The molecule has 2 heterocycles. The van der Waals surface area contributed by atoms with Gasteiger partial charge >= 0.3 is 0 Å². The van der Waals surface area contributed by atoms with E-state index in [0.717, 1.165) is 17.7 Å². The molecule has 142 valence electrons. The van der Waals surface area contributed by atoms with E-state index in [1.165, 1.54) is 10.7 Å². The van der Waals surface area contributed by atoms with Gasteiger partial charge in [-0.25, -0.2) is 13.5 Å². The summed E-state index contributed by atoms with van der Waals surface area (Å²) in [5.41, 5.74) is 2.57. The number of hydrogen-bond acceptors (Lipinski definition) is 3. The van der Waals surface area contributed by atoms with Gasteiger partial charge in [-0.2, -0.15) is 5.10 Å². The highest BCUT2D eigenvalue weighted by Gasteiger charge is 2.36. The Morgan fingerprint density at radius 3 is 2.54 bits per heavy atom. The molecule has 5 nitrogen and oxygen atoms in total. The first-order chi connectivity index (χ1) is 13.3. The Balaban J connectivity index is 1.83. The molecule has 1 aliphatic heterocycles. The molecule has 28 heavy (non-hydrogen) atoms. The third kappa shape index (κ3) is 2.98. The topological polar surface area (TPSA) is 64.0 Å². The van der Waals surface area contributed by atoms with Crippen molar-refractivity contribution in [1.82, 2.24) is 9.78 Å². The lowest BCUT2D eigenvalue weighted by atomic mass is 9.85. The molecule has 1 atom stereocenters. The predicted molar refractivity (Wildman–Crippen MR) is 99.7 cm³/mol. The van der Waals surface area contributed by atoms with Crippen molar-refractivity contribution in [3.05, 3.63) is 76.5 Å². The minimum absolute atomic E-state index is 0.00511. The van der Waals surface area contributed by atoms with Crippen LogP contribution in [0.15, 0.2) is 42.5 Å². The Bertz CT molecular complexity index is 1100. The van der Waals surface area contributed by atoms with Crippen molar-refractivity contribution in [1.29, 1.82) is 0 Å². The average molecular weight is 381 g/mol. The third-order valence-corrected chi connectivity index (χ3v) is 4.89. The molecule has 1 aliphatic rings. The highest BCUT2D eigenvalue weighted by molar-refractivity contribution is 6.08. The lowest BCUT2D eigenvalue weighted by Gasteiger charge is -2.23. The van der Waals surface area contributed by atoms with Crippen LogP contribution in [0.1, 0.15) is 39.5 Å². The molecular formula is C21H17F2N3O2. The number of nitrogens with zero attached hydrogens (tertiary/aromatic N) is 2. The monoisotopic (exact) mass is 381 g/mol. The van der Waals surface area contributed by atoms with Crippen LogP contribution >= 0.6 is 0 Å². The van der Waals surface area contributed by atoms with Gasteiger partial charge in [-0.15, -0.1) is 0 Å². The number of aromatic nitrogens is 2. The fourth-order valence-electron chi connectivity index (χ4n) is 3.52. The number of Topliss-reactive ketones (excluding diaryl/α,β-unsaturated/α-hetero) is 1. The summed E-state index contributed by atoms with van der Waals surface area (Å²) in [7, 11) is 0. The van der Waals surface area contributed by atoms with E-state index in [4.69, 9.17) is 0 Å². The Kier molecular flexibility index (Phi) is 4.30. The van der Waals surface area contributed by atoms with Crippen molar-refractivity contribution in [3.8, 4) is 5.69 Å². The first-order valence-corrected chi connectivity index (χ1v) is 8.81. The van der Waals surface area contributed by atoms with Crippen LogP contribution in [0.4, 0.5) is 14.6 Å². The number of carbonyl (C=O) groups is 2. The van der Waals surface area contributed by atoms with Crippen LogP contribution < -0.4 is 5.32 Å². The van der Waals surface area contributed by atoms with Crippen molar-refractivity contribution < 1.29 is 18.4 Å². The lowest BCUT2D eigenvalue weighted by molar-refractivity contribution is -0.116. The van der Waals surface area contributed by atoms with Crippen molar-refractivity contribution in [2.45, 2.75) is 26.2 Å². The maximum absolute atomic E-state index is 14.3. The van der Waals surface area contributed by atoms with Gasteiger partial charge in [-0.05, 0) is 26.0 Å². The number of carbonyl (C=O) groups excluding carboxylic acids is 2. The van der Waals surface area contributed by atoms with Crippen LogP contribution in [0, 0.1) is 25.5 Å². The molecule has 0 spiro atoms. The molecule has 4 rings (SSSR count). The molecule has 0 saturated carbocycles. The Hall–Kier alpha value is -3.35. The van der Waals surface area contributed by atoms with Gasteiger partial charge in [0.05, 0.1) is 11.6 Å². The molecule has 0 unspecified atom stereocenters. The van der Waals surface area contributed by atoms with Gasteiger partial charge in [0, 0.05) is 23.6 Å². The van der Waals surface area contributed by atoms with Gasteiger partial charge in [-0.3, -0.25) is 9.59 Å². The lowest BCUT2D eigenvalue weighted by Crippen LogP contribution is -2.28. The fourth-order valence-corrected chi connectivity index (χ4v) is 3.52. The molecule has 7 heteroatoms. The maximum Gasteiger partial charge on any atom is 0.226 e. The number of ketones is 1. The number of rotatable bonds is 3. The van der Waals surface area contributed by atoms with Gasteiger partial charge < -0.3 is 5.32 Å². The summed E-state index contributed by atoms with van der Waals surface area (Å²) < 4.78 is 28.8. The van der Waals surface area contributed by atoms with Gasteiger partial charge in [0.25, 0.3) is 0 Å². The van der Waals surface area contributed by atoms with E-state index in [9.17, 15) is 18.4 Å². The van der Waals surface area contributed by atoms with Gasteiger partial charge in [-0.1, -0.05) is 29.8 Å². The highest BCUT2D eigenvalue weighted by Crippen LogP contribution is 2.38. The third-order valence-electron chi connectivity index (χ3n) is 4.89. The molecule has 0 fully saturated rings. The van der Waals surface area contributed by atoms with Crippen LogP contribution in [0.5, 0.6) is 0 Å². The average Bonchev–Trinajstić information content (AvgIpc) is 2.97. The molecule has 0 saturated heterocycles. The molecule has 1 amide bonds. The minimum Gasteiger partial charge on any atom is -0.310 e. The number of halogens is 2. The molecule has 3 aromatic rings. The number of fused-ring (bicyclic) bond motifs is 1. The quantitative estimate of drug-likeness (QED) is 0.696. The van der Waals surface area contributed by atoms with Crippen LogP contribution in [-0.4, -0.2) is 21.5 Å². The van der Waals surface area contributed by atoms with E-state index in [1.54, 1.807) is 19.1 Å². The van der Waals surface area contributed by atoms with Crippen LogP contribution in [0.3, 0.4) is 0 Å². The summed E-state index contributed by atoms with van der Waals surface area (Å²) >= 11 is 0. The summed E-state index contributed by atoms with van der Waals surface area (Å²) in [5.74, 6) is -2.56. The van der Waals surface area contributed by atoms with E-state index >= 15 is 0 Å².